The Morgan fingerprint density at radius 2 is 2.33 bits per heavy atom. The minimum Gasteiger partial charge on any atom is -0.383 e. The van der Waals surface area contributed by atoms with E-state index in [0.717, 1.165) is 28.5 Å². The third-order valence-corrected chi connectivity index (χ3v) is 4.97. The minimum absolute atomic E-state index is 0.514. The molecule has 0 fully saturated rings. The molecule has 2 nitrogen and oxygen atoms in total. The summed E-state index contributed by atoms with van der Waals surface area (Å²) in [6.07, 6.45) is 2.21. The van der Waals surface area contributed by atoms with E-state index in [4.69, 9.17) is 16.3 Å². The Bertz CT molecular complexity index is 384. The van der Waals surface area contributed by atoms with Crippen molar-refractivity contribution in [1.29, 1.82) is 0 Å². The molecule has 0 atom stereocenters. The van der Waals surface area contributed by atoms with E-state index in [1.54, 1.807) is 18.4 Å². The van der Waals surface area contributed by atoms with Gasteiger partial charge in [0.2, 0.25) is 0 Å². The van der Waals surface area contributed by atoms with Gasteiger partial charge in [0.1, 0.15) is 4.34 Å². The van der Waals surface area contributed by atoms with Crippen molar-refractivity contribution >= 4 is 44.9 Å². The van der Waals surface area contributed by atoms with Crippen molar-refractivity contribution < 1.29 is 4.74 Å². The normalized spacial score (nSPS) is 12.4. The lowest BCUT2D eigenvalue weighted by molar-refractivity contribution is 0.200. The Morgan fingerprint density at radius 1 is 1.61 bits per heavy atom. The molecule has 1 aromatic heterocycles. The molecular formula is C13H19BrClNOS. The van der Waals surface area contributed by atoms with Gasteiger partial charge in [-0.2, -0.15) is 0 Å². The van der Waals surface area contributed by atoms with Crippen LogP contribution in [0.2, 0.25) is 4.34 Å². The Labute approximate surface area is 127 Å². The zero-order valence-corrected chi connectivity index (χ0v) is 14.1. The minimum atomic E-state index is 0.514. The number of hydrogen-bond acceptors (Lipinski definition) is 3. The first-order valence-electron chi connectivity index (χ1n) is 5.89. The number of halogens is 2. The lowest BCUT2D eigenvalue weighted by Gasteiger charge is -2.12. The molecule has 1 rings (SSSR count). The zero-order chi connectivity index (χ0) is 13.5. The van der Waals surface area contributed by atoms with Crippen LogP contribution in [0.25, 0.3) is 6.08 Å². The van der Waals surface area contributed by atoms with Crippen molar-refractivity contribution in [3.63, 3.8) is 0 Å². The molecule has 0 saturated heterocycles. The van der Waals surface area contributed by atoms with Crippen molar-refractivity contribution in [2.45, 2.75) is 13.8 Å². The van der Waals surface area contributed by atoms with E-state index in [-0.39, 0.29) is 0 Å². The maximum Gasteiger partial charge on any atom is 0.108 e. The molecule has 0 aliphatic rings. The molecule has 0 unspecified atom stereocenters. The Kier molecular flexibility index (Phi) is 7.49. The smallest absolute Gasteiger partial charge is 0.108 e. The average molecular weight is 353 g/mol. The van der Waals surface area contributed by atoms with Crippen molar-refractivity contribution in [3.05, 3.63) is 25.3 Å². The van der Waals surface area contributed by atoms with Gasteiger partial charge in [-0.05, 0) is 34.0 Å². The van der Waals surface area contributed by atoms with Crippen LogP contribution in [0.3, 0.4) is 0 Å². The summed E-state index contributed by atoms with van der Waals surface area (Å²) in [6, 6.07) is 2.06. The molecule has 18 heavy (non-hydrogen) atoms. The van der Waals surface area contributed by atoms with E-state index < -0.39 is 0 Å². The van der Waals surface area contributed by atoms with E-state index in [9.17, 15) is 0 Å². The number of ether oxygens (including phenoxy) is 1. The second-order valence-electron chi connectivity index (χ2n) is 4.31. The molecule has 0 bridgehead atoms. The van der Waals surface area contributed by atoms with Gasteiger partial charge in [0.05, 0.1) is 6.61 Å². The van der Waals surface area contributed by atoms with Gasteiger partial charge in [-0.3, -0.25) is 0 Å². The molecule has 0 spiro atoms. The first-order valence-corrected chi connectivity index (χ1v) is 7.88. The average Bonchev–Trinajstić information content (AvgIpc) is 2.62. The van der Waals surface area contributed by atoms with E-state index in [2.05, 4.69) is 47.2 Å². The number of rotatable bonds is 7. The van der Waals surface area contributed by atoms with Gasteiger partial charge in [-0.15, -0.1) is 11.3 Å². The van der Waals surface area contributed by atoms with E-state index in [0.29, 0.717) is 5.92 Å². The second-order valence-corrected chi connectivity index (χ2v) is 6.85. The van der Waals surface area contributed by atoms with E-state index in [1.165, 1.54) is 10.5 Å². The summed E-state index contributed by atoms with van der Waals surface area (Å²) in [5, 5.41) is 3.38. The van der Waals surface area contributed by atoms with Gasteiger partial charge in [0.15, 0.2) is 0 Å². The van der Waals surface area contributed by atoms with E-state index in [1.807, 2.05) is 0 Å². The lowest BCUT2D eigenvalue weighted by atomic mass is 10.0. The Balaban J connectivity index is 2.66. The maximum atomic E-state index is 6.05. The molecule has 1 heterocycles. The third kappa shape index (κ3) is 5.41. The maximum absolute atomic E-state index is 6.05. The van der Waals surface area contributed by atoms with Gasteiger partial charge in [-0.25, -0.2) is 0 Å². The molecule has 0 aliphatic carbocycles. The summed E-state index contributed by atoms with van der Waals surface area (Å²) in [7, 11) is 1.71. The van der Waals surface area contributed by atoms with Crippen LogP contribution in [0.4, 0.5) is 0 Å². The molecule has 0 aliphatic heterocycles. The summed E-state index contributed by atoms with van der Waals surface area (Å²) in [6.45, 7) is 6.90. The summed E-state index contributed by atoms with van der Waals surface area (Å²) < 4.78 is 6.79. The standard InChI is InChI=1S/C13H19BrClNOS/c1-9(2)10(8-16-4-5-17-3)6-11-7-12(14)13(15)18-11/h6-7,9,16H,4-5,8H2,1-3H3. The van der Waals surface area contributed by atoms with Crippen LogP contribution in [0.15, 0.2) is 16.1 Å². The predicted molar refractivity (Wildman–Crippen MR) is 84.6 cm³/mol. The fourth-order valence-electron chi connectivity index (χ4n) is 1.45. The predicted octanol–water partition coefficient (Wildman–Crippen LogP) is 4.44. The van der Waals surface area contributed by atoms with Gasteiger partial charge in [-0.1, -0.05) is 31.0 Å². The van der Waals surface area contributed by atoms with Crippen LogP contribution >= 0.6 is 38.9 Å². The molecule has 5 heteroatoms. The van der Waals surface area contributed by atoms with Crippen molar-refractivity contribution in [1.82, 2.24) is 5.32 Å². The highest BCUT2D eigenvalue weighted by molar-refractivity contribution is 9.10. The van der Waals surface area contributed by atoms with Gasteiger partial charge in [0.25, 0.3) is 0 Å². The SMILES string of the molecule is COCCNCC(=Cc1cc(Br)c(Cl)s1)C(C)C. The summed E-state index contributed by atoms with van der Waals surface area (Å²) in [5.74, 6) is 0.514. The highest BCUT2D eigenvalue weighted by Gasteiger charge is 2.07. The molecule has 0 saturated carbocycles. The van der Waals surface area contributed by atoms with Gasteiger partial charge in [0, 0.05) is 29.5 Å². The van der Waals surface area contributed by atoms with Crippen molar-refractivity contribution in [2.75, 3.05) is 26.8 Å². The van der Waals surface area contributed by atoms with Crippen LogP contribution < -0.4 is 5.32 Å². The molecule has 0 radical (unpaired) electrons. The van der Waals surface area contributed by atoms with Crippen LogP contribution in [0.5, 0.6) is 0 Å². The first kappa shape index (κ1) is 16.2. The second kappa shape index (κ2) is 8.33. The van der Waals surface area contributed by atoms with E-state index >= 15 is 0 Å². The highest BCUT2D eigenvalue weighted by Crippen LogP contribution is 2.33. The molecule has 1 N–H and O–H groups in total. The van der Waals surface area contributed by atoms with Gasteiger partial charge >= 0.3 is 0 Å². The van der Waals surface area contributed by atoms with Crippen LogP contribution in [0.1, 0.15) is 18.7 Å². The summed E-state index contributed by atoms with van der Waals surface area (Å²) in [5.41, 5.74) is 1.37. The fraction of sp³-hybridized carbons (Fsp3) is 0.538. The summed E-state index contributed by atoms with van der Waals surface area (Å²) in [4.78, 5) is 1.18. The van der Waals surface area contributed by atoms with Crippen LogP contribution in [-0.4, -0.2) is 26.8 Å². The number of methoxy groups -OCH3 is 1. The Hall–Kier alpha value is 0.130. The topological polar surface area (TPSA) is 21.3 Å². The first-order chi connectivity index (χ1) is 8.54. The molecule has 0 aromatic carbocycles. The quantitative estimate of drug-likeness (QED) is 0.733. The third-order valence-electron chi connectivity index (χ3n) is 2.55. The highest BCUT2D eigenvalue weighted by atomic mass is 79.9. The van der Waals surface area contributed by atoms with Crippen LogP contribution in [0, 0.1) is 5.92 Å². The van der Waals surface area contributed by atoms with Crippen molar-refractivity contribution in [3.8, 4) is 0 Å². The molecule has 0 amide bonds. The zero-order valence-electron chi connectivity index (χ0n) is 10.9. The summed E-state index contributed by atoms with van der Waals surface area (Å²) >= 11 is 11.1. The Morgan fingerprint density at radius 3 is 2.83 bits per heavy atom. The number of nitrogens with one attached hydrogen (secondary N) is 1. The van der Waals surface area contributed by atoms with Crippen LogP contribution in [-0.2, 0) is 4.74 Å². The molecular weight excluding hydrogens is 334 g/mol. The fourth-order valence-corrected chi connectivity index (χ4v) is 3.16. The largest absolute Gasteiger partial charge is 0.383 e. The molecule has 1 aromatic rings. The van der Waals surface area contributed by atoms with Gasteiger partial charge < -0.3 is 10.1 Å². The number of thiophene rings is 1. The lowest BCUT2D eigenvalue weighted by Crippen LogP contribution is -2.23. The monoisotopic (exact) mass is 351 g/mol. The molecule has 102 valence electrons. The van der Waals surface area contributed by atoms with Crippen molar-refractivity contribution in [2.24, 2.45) is 5.92 Å². The number of hydrogen-bond donors (Lipinski definition) is 1.